The standard InChI is InChI=1S/C16H17NO5/c1-4-5-14(17-22-10(2)18)13-8-11-6-7-12(20-3)9-15(11)21-16(13)19/h6-9H,4-5H2,1-3H3/b17-14+. The van der Waals surface area contributed by atoms with E-state index in [1.165, 1.54) is 6.92 Å². The molecule has 1 aromatic heterocycles. The quantitative estimate of drug-likeness (QED) is 0.367. The summed E-state index contributed by atoms with van der Waals surface area (Å²) in [6.45, 7) is 3.19. The molecule has 0 saturated carbocycles. The second-order valence-corrected chi connectivity index (χ2v) is 4.72. The topological polar surface area (TPSA) is 78.1 Å². The molecule has 6 nitrogen and oxygen atoms in total. The summed E-state index contributed by atoms with van der Waals surface area (Å²) in [5.74, 6) is 0.0641. The van der Waals surface area contributed by atoms with Crippen LogP contribution in [0.3, 0.4) is 0 Å². The SMILES string of the molecule is CCC/C(=N\OC(C)=O)c1cc2ccc(OC)cc2oc1=O. The van der Waals surface area contributed by atoms with E-state index < -0.39 is 11.6 Å². The van der Waals surface area contributed by atoms with Crippen LogP contribution in [-0.4, -0.2) is 18.8 Å². The van der Waals surface area contributed by atoms with E-state index in [0.29, 0.717) is 29.0 Å². The molecule has 1 aromatic carbocycles. The fourth-order valence-electron chi connectivity index (χ4n) is 2.01. The summed E-state index contributed by atoms with van der Waals surface area (Å²) in [5, 5.41) is 4.50. The van der Waals surface area contributed by atoms with E-state index >= 15 is 0 Å². The first-order valence-corrected chi connectivity index (χ1v) is 6.92. The van der Waals surface area contributed by atoms with Gasteiger partial charge in [0.25, 0.3) is 0 Å². The summed E-state index contributed by atoms with van der Waals surface area (Å²) < 4.78 is 10.4. The minimum Gasteiger partial charge on any atom is -0.497 e. The van der Waals surface area contributed by atoms with Crippen molar-refractivity contribution < 1.29 is 18.8 Å². The molecule has 0 aliphatic heterocycles. The van der Waals surface area contributed by atoms with E-state index in [9.17, 15) is 9.59 Å². The first-order chi connectivity index (χ1) is 10.5. The maximum Gasteiger partial charge on any atom is 0.345 e. The predicted molar refractivity (Wildman–Crippen MR) is 82.2 cm³/mol. The van der Waals surface area contributed by atoms with Gasteiger partial charge in [-0.3, -0.25) is 0 Å². The maximum atomic E-state index is 12.2. The smallest absolute Gasteiger partial charge is 0.345 e. The van der Waals surface area contributed by atoms with Crippen molar-refractivity contribution in [3.8, 4) is 5.75 Å². The van der Waals surface area contributed by atoms with Crippen molar-refractivity contribution in [3.05, 3.63) is 40.2 Å². The summed E-state index contributed by atoms with van der Waals surface area (Å²) >= 11 is 0. The average molecular weight is 303 g/mol. The summed E-state index contributed by atoms with van der Waals surface area (Å²) in [7, 11) is 1.54. The molecular weight excluding hydrogens is 286 g/mol. The molecule has 2 aromatic rings. The minimum atomic E-state index is -0.538. The highest BCUT2D eigenvalue weighted by Gasteiger charge is 2.13. The van der Waals surface area contributed by atoms with Gasteiger partial charge in [-0.2, -0.15) is 0 Å². The van der Waals surface area contributed by atoms with Crippen LogP contribution in [0.25, 0.3) is 11.0 Å². The Hall–Kier alpha value is -2.63. The van der Waals surface area contributed by atoms with Crippen molar-refractivity contribution in [3.63, 3.8) is 0 Å². The highest BCUT2D eigenvalue weighted by atomic mass is 16.7. The van der Waals surface area contributed by atoms with Crippen LogP contribution in [0.4, 0.5) is 0 Å². The molecule has 2 rings (SSSR count). The summed E-state index contributed by atoms with van der Waals surface area (Å²) in [6.07, 6.45) is 1.25. The maximum absolute atomic E-state index is 12.2. The zero-order chi connectivity index (χ0) is 16.1. The molecule has 0 spiro atoms. The van der Waals surface area contributed by atoms with Gasteiger partial charge in [0.15, 0.2) is 0 Å². The molecule has 22 heavy (non-hydrogen) atoms. The monoisotopic (exact) mass is 303 g/mol. The lowest BCUT2D eigenvalue weighted by Gasteiger charge is -2.06. The van der Waals surface area contributed by atoms with Gasteiger partial charge in [0.1, 0.15) is 11.3 Å². The highest BCUT2D eigenvalue weighted by Crippen LogP contribution is 2.20. The first kappa shape index (κ1) is 15.8. The lowest BCUT2D eigenvalue weighted by atomic mass is 10.1. The van der Waals surface area contributed by atoms with Crippen LogP contribution in [0.1, 0.15) is 32.3 Å². The number of rotatable bonds is 5. The Morgan fingerprint density at radius 2 is 2.09 bits per heavy atom. The molecular formula is C16H17NO5. The lowest BCUT2D eigenvalue weighted by Crippen LogP contribution is -2.15. The predicted octanol–water partition coefficient (Wildman–Crippen LogP) is 2.87. The van der Waals surface area contributed by atoms with Crippen LogP contribution in [0, 0.1) is 0 Å². The summed E-state index contributed by atoms with van der Waals surface area (Å²) in [6, 6.07) is 6.88. The summed E-state index contributed by atoms with van der Waals surface area (Å²) in [4.78, 5) is 27.7. The highest BCUT2D eigenvalue weighted by molar-refractivity contribution is 6.02. The van der Waals surface area contributed by atoms with Crippen molar-refractivity contribution in [1.29, 1.82) is 0 Å². The van der Waals surface area contributed by atoms with Crippen LogP contribution < -0.4 is 10.4 Å². The van der Waals surface area contributed by atoms with Gasteiger partial charge >= 0.3 is 11.6 Å². The zero-order valence-electron chi connectivity index (χ0n) is 12.7. The number of fused-ring (bicyclic) bond motifs is 1. The van der Waals surface area contributed by atoms with E-state index in [4.69, 9.17) is 9.15 Å². The van der Waals surface area contributed by atoms with Crippen LogP contribution in [0.5, 0.6) is 5.75 Å². The molecule has 0 fully saturated rings. The van der Waals surface area contributed by atoms with Gasteiger partial charge in [-0.15, -0.1) is 0 Å². The molecule has 1 heterocycles. The van der Waals surface area contributed by atoms with Crippen LogP contribution in [0.2, 0.25) is 0 Å². The second-order valence-electron chi connectivity index (χ2n) is 4.72. The Labute approximate surface area is 127 Å². The molecule has 116 valence electrons. The Morgan fingerprint density at radius 3 is 2.73 bits per heavy atom. The first-order valence-electron chi connectivity index (χ1n) is 6.92. The number of hydrogen-bond donors (Lipinski definition) is 0. The molecule has 0 N–H and O–H groups in total. The molecule has 0 atom stereocenters. The Bertz CT molecular complexity index is 776. The number of carbonyl (C=O) groups excluding carboxylic acids is 1. The average Bonchev–Trinajstić information content (AvgIpc) is 2.50. The molecule has 0 radical (unpaired) electrons. The van der Waals surface area contributed by atoms with E-state index in [1.54, 1.807) is 31.4 Å². The van der Waals surface area contributed by atoms with E-state index in [-0.39, 0.29) is 0 Å². The summed E-state index contributed by atoms with van der Waals surface area (Å²) in [5.41, 5.74) is 0.585. The Kier molecular flexibility index (Phi) is 4.93. The molecule has 0 aliphatic rings. The molecule has 6 heteroatoms. The fourth-order valence-corrected chi connectivity index (χ4v) is 2.01. The molecule has 0 unspecified atom stereocenters. The van der Waals surface area contributed by atoms with Gasteiger partial charge in [0.05, 0.1) is 18.4 Å². The van der Waals surface area contributed by atoms with Gasteiger partial charge in [-0.05, 0) is 24.6 Å². The van der Waals surface area contributed by atoms with Crippen molar-refractivity contribution in [2.24, 2.45) is 5.16 Å². The largest absolute Gasteiger partial charge is 0.497 e. The number of carbonyl (C=O) groups is 1. The van der Waals surface area contributed by atoms with Crippen LogP contribution >= 0.6 is 0 Å². The van der Waals surface area contributed by atoms with Crippen molar-refractivity contribution in [2.45, 2.75) is 26.7 Å². The number of oxime groups is 1. The third kappa shape index (κ3) is 3.52. The zero-order valence-corrected chi connectivity index (χ0v) is 12.7. The number of benzene rings is 1. The molecule has 0 aliphatic carbocycles. The van der Waals surface area contributed by atoms with Gasteiger partial charge in [0, 0.05) is 18.4 Å². The number of nitrogens with zero attached hydrogens (tertiary/aromatic N) is 1. The third-order valence-electron chi connectivity index (χ3n) is 3.03. The van der Waals surface area contributed by atoms with Gasteiger partial charge in [0.2, 0.25) is 0 Å². The van der Waals surface area contributed by atoms with E-state index in [0.717, 1.165) is 11.8 Å². The van der Waals surface area contributed by atoms with Gasteiger partial charge in [-0.1, -0.05) is 18.5 Å². The van der Waals surface area contributed by atoms with E-state index in [1.807, 2.05) is 6.92 Å². The van der Waals surface area contributed by atoms with Gasteiger partial charge < -0.3 is 14.0 Å². The minimum absolute atomic E-state index is 0.292. The van der Waals surface area contributed by atoms with Crippen LogP contribution in [-0.2, 0) is 9.63 Å². The van der Waals surface area contributed by atoms with Gasteiger partial charge in [-0.25, -0.2) is 9.59 Å². The Morgan fingerprint density at radius 1 is 1.32 bits per heavy atom. The third-order valence-corrected chi connectivity index (χ3v) is 3.03. The van der Waals surface area contributed by atoms with Crippen LogP contribution in [0.15, 0.2) is 38.6 Å². The van der Waals surface area contributed by atoms with Crippen molar-refractivity contribution in [2.75, 3.05) is 7.11 Å². The normalized spacial score (nSPS) is 11.5. The molecule has 0 saturated heterocycles. The number of hydrogen-bond acceptors (Lipinski definition) is 6. The van der Waals surface area contributed by atoms with Crippen molar-refractivity contribution in [1.82, 2.24) is 0 Å². The number of methoxy groups -OCH3 is 1. The molecule has 0 amide bonds. The molecule has 0 bridgehead atoms. The number of ether oxygens (including phenoxy) is 1. The van der Waals surface area contributed by atoms with Crippen molar-refractivity contribution >= 4 is 22.7 Å². The Balaban J connectivity index is 2.53. The lowest BCUT2D eigenvalue weighted by molar-refractivity contribution is -0.140. The van der Waals surface area contributed by atoms with E-state index in [2.05, 4.69) is 9.99 Å². The fraction of sp³-hybridized carbons (Fsp3) is 0.312. The second kappa shape index (κ2) is 6.89.